The fourth-order valence-electron chi connectivity index (χ4n) is 3.63. The lowest BCUT2D eigenvalue weighted by Crippen LogP contribution is -2.51. The number of hydrogen-bond acceptors (Lipinski definition) is 7. The normalized spacial score (nSPS) is 23.7. The Morgan fingerprint density at radius 2 is 1.85 bits per heavy atom. The Bertz CT molecular complexity index is 962. The van der Waals surface area contributed by atoms with E-state index in [-0.39, 0.29) is 29.3 Å². The summed E-state index contributed by atoms with van der Waals surface area (Å²) in [5.41, 5.74) is 0.541. The van der Waals surface area contributed by atoms with Crippen LogP contribution in [0.4, 0.5) is 4.39 Å². The van der Waals surface area contributed by atoms with Crippen LogP contribution in [0.15, 0.2) is 33.5 Å². The topological polar surface area (TPSA) is 88.7 Å². The highest BCUT2D eigenvalue weighted by Crippen LogP contribution is 2.20. The second kappa shape index (κ2) is 7.17. The summed E-state index contributed by atoms with van der Waals surface area (Å²) in [6.45, 7) is 3.28. The van der Waals surface area contributed by atoms with Gasteiger partial charge in [0.2, 0.25) is 5.89 Å². The summed E-state index contributed by atoms with van der Waals surface area (Å²) in [4.78, 5) is 16.4. The molecule has 8 nitrogen and oxygen atoms in total. The SMILES string of the molecule is O=c1oc(-c2ccc(F)cc2)nn1CN1CCN(C2CCS(=O)(=O)C2)CC1. The van der Waals surface area contributed by atoms with Crippen molar-refractivity contribution in [2.24, 2.45) is 0 Å². The van der Waals surface area contributed by atoms with Crippen LogP contribution in [0.5, 0.6) is 0 Å². The van der Waals surface area contributed by atoms with E-state index in [9.17, 15) is 17.6 Å². The van der Waals surface area contributed by atoms with E-state index in [1.54, 1.807) is 0 Å². The van der Waals surface area contributed by atoms with Crippen LogP contribution in [0.2, 0.25) is 0 Å². The molecular formula is C17H21FN4O4S. The number of nitrogens with zero attached hydrogens (tertiary/aromatic N) is 4. The standard InChI is InChI=1S/C17H21FN4O4S/c18-14-3-1-13(2-4-14)16-19-22(17(23)26-16)12-20-6-8-21(9-7-20)15-5-10-27(24,25)11-15/h1-4,15H,5-12H2. The van der Waals surface area contributed by atoms with Crippen molar-refractivity contribution in [1.82, 2.24) is 19.6 Å². The van der Waals surface area contributed by atoms with Gasteiger partial charge in [-0.25, -0.2) is 17.6 Å². The molecule has 0 aliphatic carbocycles. The fraction of sp³-hybridized carbons (Fsp3) is 0.529. The van der Waals surface area contributed by atoms with Gasteiger partial charge in [0.15, 0.2) is 9.84 Å². The zero-order valence-electron chi connectivity index (χ0n) is 14.8. The van der Waals surface area contributed by atoms with Crippen LogP contribution in [0.25, 0.3) is 11.5 Å². The molecule has 1 aromatic heterocycles. The quantitative estimate of drug-likeness (QED) is 0.739. The van der Waals surface area contributed by atoms with Gasteiger partial charge in [-0.2, -0.15) is 4.68 Å². The highest BCUT2D eigenvalue weighted by Gasteiger charge is 2.33. The van der Waals surface area contributed by atoms with Crippen LogP contribution in [-0.2, 0) is 16.5 Å². The smallest absolute Gasteiger partial charge is 0.388 e. The van der Waals surface area contributed by atoms with Crippen LogP contribution < -0.4 is 5.76 Å². The zero-order chi connectivity index (χ0) is 19.0. The van der Waals surface area contributed by atoms with Gasteiger partial charge in [0.25, 0.3) is 0 Å². The molecule has 4 rings (SSSR count). The van der Waals surface area contributed by atoms with E-state index < -0.39 is 15.6 Å². The van der Waals surface area contributed by atoms with Gasteiger partial charge in [0.1, 0.15) is 12.5 Å². The summed E-state index contributed by atoms with van der Waals surface area (Å²) in [7, 11) is -2.89. The summed E-state index contributed by atoms with van der Waals surface area (Å²) < 4.78 is 42.8. The molecule has 0 spiro atoms. The second-order valence-corrected chi connectivity index (χ2v) is 9.26. The molecule has 1 unspecified atom stereocenters. The largest absolute Gasteiger partial charge is 0.438 e. The van der Waals surface area contributed by atoms with Gasteiger partial charge in [0.05, 0.1) is 11.5 Å². The lowest BCUT2D eigenvalue weighted by atomic mass is 10.2. The number of hydrogen-bond donors (Lipinski definition) is 0. The Labute approximate surface area is 156 Å². The predicted molar refractivity (Wildman–Crippen MR) is 96.4 cm³/mol. The lowest BCUT2D eigenvalue weighted by Gasteiger charge is -2.37. The van der Waals surface area contributed by atoms with Crippen molar-refractivity contribution in [2.75, 3.05) is 37.7 Å². The molecule has 0 saturated carbocycles. The highest BCUT2D eigenvalue weighted by molar-refractivity contribution is 7.91. The van der Waals surface area contributed by atoms with E-state index in [1.807, 2.05) is 0 Å². The minimum absolute atomic E-state index is 0.108. The molecule has 2 fully saturated rings. The molecule has 2 saturated heterocycles. The predicted octanol–water partition coefficient (Wildman–Crippen LogP) is 0.405. The van der Waals surface area contributed by atoms with E-state index in [4.69, 9.17) is 4.42 Å². The number of benzene rings is 1. The molecule has 2 aliphatic heterocycles. The summed E-state index contributed by atoms with van der Waals surface area (Å²) >= 11 is 0. The monoisotopic (exact) mass is 396 g/mol. The lowest BCUT2D eigenvalue weighted by molar-refractivity contribution is 0.0795. The molecule has 1 atom stereocenters. The average Bonchev–Trinajstić information content (AvgIpc) is 3.19. The van der Waals surface area contributed by atoms with Crippen LogP contribution in [0.1, 0.15) is 6.42 Å². The number of piperazine rings is 1. The van der Waals surface area contributed by atoms with E-state index in [1.165, 1.54) is 28.9 Å². The van der Waals surface area contributed by atoms with Gasteiger partial charge in [-0.3, -0.25) is 9.80 Å². The first-order valence-electron chi connectivity index (χ1n) is 8.90. The van der Waals surface area contributed by atoms with Gasteiger partial charge in [-0.1, -0.05) is 0 Å². The molecule has 146 valence electrons. The first-order valence-corrected chi connectivity index (χ1v) is 10.7. The van der Waals surface area contributed by atoms with Crippen molar-refractivity contribution >= 4 is 9.84 Å². The molecule has 0 amide bonds. The van der Waals surface area contributed by atoms with Gasteiger partial charge in [-0.05, 0) is 30.7 Å². The summed E-state index contributed by atoms with van der Waals surface area (Å²) in [6.07, 6.45) is 0.701. The number of sulfone groups is 1. The van der Waals surface area contributed by atoms with E-state index >= 15 is 0 Å². The molecule has 3 heterocycles. The molecule has 2 aromatic rings. The minimum atomic E-state index is -2.89. The first-order chi connectivity index (χ1) is 12.9. The first kappa shape index (κ1) is 18.3. The molecule has 0 bridgehead atoms. The summed E-state index contributed by atoms with van der Waals surface area (Å²) in [5, 5.41) is 4.20. The van der Waals surface area contributed by atoms with Crippen molar-refractivity contribution < 1.29 is 17.2 Å². The van der Waals surface area contributed by atoms with E-state index in [0.29, 0.717) is 18.7 Å². The van der Waals surface area contributed by atoms with Gasteiger partial charge < -0.3 is 4.42 Å². The minimum Gasteiger partial charge on any atom is -0.388 e. The molecular weight excluding hydrogens is 375 g/mol. The number of rotatable bonds is 4. The van der Waals surface area contributed by atoms with Gasteiger partial charge in [-0.15, -0.1) is 5.10 Å². The highest BCUT2D eigenvalue weighted by atomic mass is 32.2. The fourth-order valence-corrected chi connectivity index (χ4v) is 5.39. The third-order valence-corrected chi connectivity index (χ3v) is 6.91. The Balaban J connectivity index is 1.37. The number of aromatic nitrogens is 2. The molecule has 10 heteroatoms. The van der Waals surface area contributed by atoms with Crippen molar-refractivity contribution in [2.45, 2.75) is 19.1 Å². The van der Waals surface area contributed by atoms with Crippen LogP contribution in [0, 0.1) is 5.82 Å². The van der Waals surface area contributed by atoms with E-state index in [0.717, 1.165) is 26.2 Å². The van der Waals surface area contributed by atoms with Crippen molar-refractivity contribution in [3.8, 4) is 11.5 Å². The second-order valence-electron chi connectivity index (χ2n) is 7.03. The van der Waals surface area contributed by atoms with Crippen molar-refractivity contribution in [3.05, 3.63) is 40.6 Å². The summed E-state index contributed by atoms with van der Waals surface area (Å²) in [5.74, 6) is -0.239. The van der Waals surface area contributed by atoms with Crippen molar-refractivity contribution in [3.63, 3.8) is 0 Å². The molecule has 27 heavy (non-hydrogen) atoms. The maximum atomic E-state index is 13.0. The maximum absolute atomic E-state index is 13.0. The van der Waals surface area contributed by atoms with Gasteiger partial charge in [0, 0.05) is 37.8 Å². The van der Waals surface area contributed by atoms with Gasteiger partial charge >= 0.3 is 5.76 Å². The maximum Gasteiger partial charge on any atom is 0.438 e. The molecule has 1 aromatic carbocycles. The van der Waals surface area contributed by atoms with Crippen LogP contribution in [0.3, 0.4) is 0 Å². The Morgan fingerprint density at radius 3 is 2.48 bits per heavy atom. The van der Waals surface area contributed by atoms with E-state index in [2.05, 4.69) is 14.9 Å². The zero-order valence-corrected chi connectivity index (χ0v) is 15.6. The van der Waals surface area contributed by atoms with Crippen molar-refractivity contribution in [1.29, 1.82) is 0 Å². The molecule has 0 radical (unpaired) electrons. The molecule has 0 N–H and O–H groups in total. The third-order valence-electron chi connectivity index (χ3n) is 5.16. The Kier molecular flexibility index (Phi) is 4.87. The number of halogens is 1. The Morgan fingerprint density at radius 1 is 1.15 bits per heavy atom. The summed E-state index contributed by atoms with van der Waals surface area (Å²) in [6, 6.07) is 5.71. The molecule has 2 aliphatic rings. The van der Waals surface area contributed by atoms with Crippen LogP contribution >= 0.6 is 0 Å². The third kappa shape index (κ3) is 4.12. The average molecular weight is 396 g/mol. The Hall–Kier alpha value is -2.04. The van der Waals surface area contributed by atoms with Crippen LogP contribution in [-0.4, -0.2) is 71.7 Å².